The Morgan fingerprint density at radius 2 is 2.13 bits per heavy atom. The summed E-state index contributed by atoms with van der Waals surface area (Å²) in [6.07, 6.45) is 0. The van der Waals surface area contributed by atoms with E-state index in [-0.39, 0.29) is 16.1 Å². The first kappa shape index (κ1) is 10.2. The average Bonchev–Trinajstić information content (AvgIpc) is 2.44. The predicted octanol–water partition coefficient (Wildman–Crippen LogP) is 1.97. The highest BCUT2D eigenvalue weighted by molar-refractivity contribution is 6.35. The molecule has 0 radical (unpaired) electrons. The van der Waals surface area contributed by atoms with E-state index in [1.165, 1.54) is 10.6 Å². The van der Waals surface area contributed by atoms with Crippen molar-refractivity contribution in [1.82, 2.24) is 14.5 Å². The first-order chi connectivity index (χ1) is 7.00. The maximum Gasteiger partial charge on any atom is 0.352 e. The summed E-state index contributed by atoms with van der Waals surface area (Å²) in [5.41, 5.74) is 0.487. The molecule has 0 aliphatic carbocycles. The zero-order valence-electron chi connectivity index (χ0n) is 7.53. The number of aryl methyl sites for hydroxylation is 1. The van der Waals surface area contributed by atoms with Crippen LogP contribution in [0.3, 0.4) is 0 Å². The maximum atomic E-state index is 10.8. The standard InChI is InChI=1S/C8H5Cl2N3O2/c1-13-4(7(14)15)2-3-5(9)11-8(10)12-6(3)13/h2H,1H3,(H,14,15). The Balaban J connectivity index is 2.88. The molecule has 2 heterocycles. The quantitative estimate of drug-likeness (QED) is 0.617. The molecule has 2 aromatic heterocycles. The van der Waals surface area contributed by atoms with Crippen molar-refractivity contribution in [2.24, 2.45) is 7.05 Å². The second kappa shape index (κ2) is 3.36. The molecule has 0 unspecified atom stereocenters. The zero-order valence-corrected chi connectivity index (χ0v) is 9.04. The minimum absolute atomic E-state index is 0.00867. The van der Waals surface area contributed by atoms with Gasteiger partial charge < -0.3 is 9.67 Å². The van der Waals surface area contributed by atoms with Gasteiger partial charge in [0.25, 0.3) is 0 Å². The summed E-state index contributed by atoms with van der Waals surface area (Å²) >= 11 is 11.4. The van der Waals surface area contributed by atoms with Gasteiger partial charge >= 0.3 is 5.97 Å². The molecule has 0 spiro atoms. The number of aromatic nitrogens is 3. The van der Waals surface area contributed by atoms with E-state index >= 15 is 0 Å². The zero-order chi connectivity index (χ0) is 11.2. The lowest BCUT2D eigenvalue weighted by molar-refractivity contribution is 0.0687. The van der Waals surface area contributed by atoms with Crippen LogP contribution in [0.2, 0.25) is 10.4 Å². The van der Waals surface area contributed by atoms with E-state index in [0.717, 1.165) is 0 Å². The van der Waals surface area contributed by atoms with Crippen molar-refractivity contribution in [3.05, 3.63) is 22.2 Å². The van der Waals surface area contributed by atoms with Crippen molar-refractivity contribution < 1.29 is 9.90 Å². The summed E-state index contributed by atoms with van der Waals surface area (Å²) in [7, 11) is 1.57. The first-order valence-electron chi connectivity index (χ1n) is 3.92. The van der Waals surface area contributed by atoms with Gasteiger partial charge in [0.2, 0.25) is 5.28 Å². The van der Waals surface area contributed by atoms with Crippen LogP contribution in [0.15, 0.2) is 6.07 Å². The van der Waals surface area contributed by atoms with Crippen LogP contribution in [0.25, 0.3) is 11.0 Å². The van der Waals surface area contributed by atoms with E-state index in [0.29, 0.717) is 11.0 Å². The second-order valence-corrected chi connectivity index (χ2v) is 3.61. The lowest BCUT2D eigenvalue weighted by atomic mass is 10.4. The van der Waals surface area contributed by atoms with Crippen LogP contribution in [0, 0.1) is 0 Å². The molecule has 0 aromatic carbocycles. The van der Waals surface area contributed by atoms with Crippen molar-refractivity contribution in [3.63, 3.8) is 0 Å². The molecule has 78 valence electrons. The molecule has 0 fully saturated rings. The van der Waals surface area contributed by atoms with Gasteiger partial charge in [-0.3, -0.25) is 0 Å². The fraction of sp³-hybridized carbons (Fsp3) is 0.125. The van der Waals surface area contributed by atoms with Gasteiger partial charge in [-0.2, -0.15) is 4.98 Å². The van der Waals surface area contributed by atoms with Gasteiger partial charge in [-0.15, -0.1) is 0 Å². The molecular weight excluding hydrogens is 241 g/mol. The largest absolute Gasteiger partial charge is 0.477 e. The Labute approximate surface area is 94.3 Å². The topological polar surface area (TPSA) is 68.0 Å². The molecule has 0 bridgehead atoms. The maximum absolute atomic E-state index is 10.8. The van der Waals surface area contributed by atoms with E-state index in [1.807, 2.05) is 0 Å². The Bertz CT molecular complexity index is 565. The van der Waals surface area contributed by atoms with E-state index in [2.05, 4.69) is 9.97 Å². The molecule has 2 rings (SSSR count). The summed E-state index contributed by atoms with van der Waals surface area (Å²) in [6, 6.07) is 1.41. The Morgan fingerprint density at radius 1 is 1.47 bits per heavy atom. The highest BCUT2D eigenvalue weighted by Gasteiger charge is 2.16. The number of halogens is 2. The van der Waals surface area contributed by atoms with Crippen molar-refractivity contribution >= 4 is 40.2 Å². The molecule has 1 N–H and O–H groups in total. The summed E-state index contributed by atoms with van der Waals surface area (Å²) in [4.78, 5) is 18.5. The number of carboxylic acid groups (broad SMARTS) is 1. The minimum atomic E-state index is -1.05. The Kier molecular flexibility index (Phi) is 2.28. The number of hydrogen-bond donors (Lipinski definition) is 1. The van der Waals surface area contributed by atoms with E-state index in [9.17, 15) is 4.79 Å². The van der Waals surface area contributed by atoms with Crippen LogP contribution in [0.5, 0.6) is 0 Å². The summed E-state index contributed by atoms with van der Waals surface area (Å²) in [6.45, 7) is 0. The normalized spacial score (nSPS) is 10.9. The first-order valence-corrected chi connectivity index (χ1v) is 4.68. The lowest BCUT2D eigenvalue weighted by Crippen LogP contribution is -2.04. The van der Waals surface area contributed by atoms with Crippen molar-refractivity contribution in [1.29, 1.82) is 0 Å². The monoisotopic (exact) mass is 245 g/mol. The highest BCUT2D eigenvalue weighted by atomic mass is 35.5. The average molecular weight is 246 g/mol. The predicted molar refractivity (Wildman–Crippen MR) is 55.5 cm³/mol. The van der Waals surface area contributed by atoms with Gasteiger partial charge in [0.1, 0.15) is 16.5 Å². The molecule has 7 heteroatoms. The molecule has 0 amide bonds. The smallest absolute Gasteiger partial charge is 0.352 e. The van der Waals surface area contributed by atoms with Crippen LogP contribution >= 0.6 is 23.2 Å². The summed E-state index contributed by atoms with van der Waals surface area (Å²) in [5, 5.41) is 9.49. The third-order valence-corrected chi connectivity index (χ3v) is 2.49. The number of carbonyl (C=O) groups is 1. The highest BCUT2D eigenvalue weighted by Crippen LogP contribution is 2.24. The molecule has 15 heavy (non-hydrogen) atoms. The van der Waals surface area contributed by atoms with Crippen molar-refractivity contribution in [3.8, 4) is 0 Å². The molecule has 0 aliphatic rings. The second-order valence-electron chi connectivity index (χ2n) is 2.91. The van der Waals surface area contributed by atoms with Crippen LogP contribution in [-0.4, -0.2) is 25.6 Å². The lowest BCUT2D eigenvalue weighted by Gasteiger charge is -1.98. The van der Waals surface area contributed by atoms with Gasteiger partial charge in [0, 0.05) is 7.05 Å². The van der Waals surface area contributed by atoms with Crippen molar-refractivity contribution in [2.75, 3.05) is 0 Å². The van der Waals surface area contributed by atoms with E-state index in [1.54, 1.807) is 7.05 Å². The van der Waals surface area contributed by atoms with Crippen LogP contribution in [-0.2, 0) is 7.05 Å². The van der Waals surface area contributed by atoms with Crippen LogP contribution in [0.1, 0.15) is 10.5 Å². The Morgan fingerprint density at radius 3 is 2.73 bits per heavy atom. The summed E-state index contributed by atoms with van der Waals surface area (Å²) < 4.78 is 1.40. The van der Waals surface area contributed by atoms with Crippen LogP contribution < -0.4 is 0 Å². The van der Waals surface area contributed by atoms with Crippen molar-refractivity contribution in [2.45, 2.75) is 0 Å². The third-order valence-electron chi connectivity index (χ3n) is 2.03. The number of carboxylic acids is 1. The molecule has 5 nitrogen and oxygen atoms in total. The van der Waals surface area contributed by atoms with E-state index < -0.39 is 5.97 Å². The fourth-order valence-electron chi connectivity index (χ4n) is 1.34. The van der Waals surface area contributed by atoms with E-state index in [4.69, 9.17) is 28.3 Å². The van der Waals surface area contributed by atoms with Gasteiger partial charge in [-0.05, 0) is 17.7 Å². The van der Waals surface area contributed by atoms with Gasteiger partial charge in [0.05, 0.1) is 5.39 Å². The molecule has 2 aromatic rings. The van der Waals surface area contributed by atoms with Gasteiger partial charge in [0.15, 0.2) is 0 Å². The molecule has 0 aliphatic heterocycles. The molecule has 0 atom stereocenters. The Hall–Kier alpha value is -1.33. The fourth-order valence-corrected chi connectivity index (χ4v) is 1.77. The van der Waals surface area contributed by atoms with Crippen LogP contribution in [0.4, 0.5) is 0 Å². The number of rotatable bonds is 1. The minimum Gasteiger partial charge on any atom is -0.477 e. The number of aromatic carboxylic acids is 1. The SMILES string of the molecule is Cn1c(C(=O)O)cc2c(Cl)nc(Cl)nc21. The van der Waals surface area contributed by atoms with Gasteiger partial charge in [-0.25, -0.2) is 9.78 Å². The molecule has 0 saturated carbocycles. The summed E-state index contributed by atoms with van der Waals surface area (Å²) in [5.74, 6) is -1.05. The number of nitrogens with zero attached hydrogens (tertiary/aromatic N) is 3. The van der Waals surface area contributed by atoms with Gasteiger partial charge in [-0.1, -0.05) is 11.6 Å². The molecule has 0 saturated heterocycles. The molecular formula is C8H5Cl2N3O2. The third kappa shape index (κ3) is 1.53. The number of fused-ring (bicyclic) bond motifs is 1. The number of hydrogen-bond acceptors (Lipinski definition) is 3.